The van der Waals surface area contributed by atoms with Crippen molar-refractivity contribution >= 4 is 58.1 Å². The summed E-state index contributed by atoms with van der Waals surface area (Å²) in [5.41, 5.74) is 2.35. The highest BCUT2D eigenvalue weighted by Crippen LogP contribution is 2.26. The lowest BCUT2D eigenvalue weighted by atomic mass is 9.90. The zero-order valence-electron chi connectivity index (χ0n) is 19.9. The quantitative estimate of drug-likeness (QED) is 0.355. The van der Waals surface area contributed by atoms with Gasteiger partial charge in [-0.3, -0.25) is 14.5 Å². The first-order valence-electron chi connectivity index (χ1n) is 12.2. The summed E-state index contributed by atoms with van der Waals surface area (Å²) >= 11 is 7.53. The van der Waals surface area contributed by atoms with Gasteiger partial charge in [0.05, 0.1) is 5.69 Å². The summed E-state index contributed by atoms with van der Waals surface area (Å²) in [5.74, 6) is -0.353. The average molecular weight is 553 g/mol. The molecule has 36 heavy (non-hydrogen) atoms. The van der Waals surface area contributed by atoms with Gasteiger partial charge in [0.15, 0.2) is 5.01 Å². The SMILES string of the molecule is Cl.O=C(N[C@H]1CCCC[C@H]1NC(=O)c1nc2c(s1)CN(CCCO)CC2)c1cc2cc(Cl)ccc2[nH]1. The van der Waals surface area contributed by atoms with Gasteiger partial charge in [0.1, 0.15) is 5.69 Å². The minimum Gasteiger partial charge on any atom is -0.396 e. The fraction of sp³-hybridized carbons (Fsp3) is 0.480. The number of aromatic amines is 1. The molecule has 3 aromatic rings. The molecular formula is C25H31Cl2N5O3S. The van der Waals surface area contributed by atoms with Crippen molar-refractivity contribution in [3.8, 4) is 0 Å². The van der Waals surface area contributed by atoms with E-state index in [1.54, 1.807) is 12.1 Å². The molecule has 1 aliphatic heterocycles. The molecule has 8 nitrogen and oxygen atoms in total. The first-order chi connectivity index (χ1) is 17.0. The predicted octanol–water partition coefficient (Wildman–Crippen LogP) is 3.91. The number of halogens is 2. The number of H-pyrrole nitrogens is 1. The molecule has 1 fully saturated rings. The van der Waals surface area contributed by atoms with E-state index < -0.39 is 0 Å². The first kappa shape index (κ1) is 26.9. The number of carbonyl (C=O) groups is 2. The van der Waals surface area contributed by atoms with Crippen LogP contribution in [-0.4, -0.2) is 63.6 Å². The number of nitrogens with one attached hydrogen (secondary N) is 3. The van der Waals surface area contributed by atoms with Crippen molar-refractivity contribution in [3.63, 3.8) is 0 Å². The smallest absolute Gasteiger partial charge is 0.280 e. The van der Waals surface area contributed by atoms with E-state index in [0.717, 1.165) is 79.6 Å². The van der Waals surface area contributed by atoms with Gasteiger partial charge in [0, 0.05) is 65.5 Å². The molecule has 0 radical (unpaired) electrons. The van der Waals surface area contributed by atoms with E-state index in [1.807, 2.05) is 12.1 Å². The van der Waals surface area contributed by atoms with Gasteiger partial charge < -0.3 is 20.7 Å². The van der Waals surface area contributed by atoms with Crippen LogP contribution in [0.25, 0.3) is 10.9 Å². The maximum Gasteiger partial charge on any atom is 0.280 e. The molecule has 3 heterocycles. The molecule has 2 aliphatic rings. The minimum atomic E-state index is -0.184. The van der Waals surface area contributed by atoms with Gasteiger partial charge in [-0.1, -0.05) is 24.4 Å². The predicted molar refractivity (Wildman–Crippen MR) is 144 cm³/mol. The van der Waals surface area contributed by atoms with Crippen molar-refractivity contribution in [2.75, 3.05) is 19.7 Å². The number of nitrogens with zero attached hydrogens (tertiary/aromatic N) is 2. The van der Waals surface area contributed by atoms with Crippen molar-refractivity contribution in [3.05, 3.63) is 50.6 Å². The average Bonchev–Trinajstić information content (AvgIpc) is 3.47. The second kappa shape index (κ2) is 11.9. The lowest BCUT2D eigenvalue weighted by molar-refractivity contribution is 0.0860. The summed E-state index contributed by atoms with van der Waals surface area (Å²) in [6, 6.07) is 7.00. The number of aliphatic hydroxyl groups excluding tert-OH is 1. The molecule has 0 bridgehead atoms. The summed E-state index contributed by atoms with van der Waals surface area (Å²) in [7, 11) is 0. The van der Waals surface area contributed by atoms with Crippen LogP contribution in [0.15, 0.2) is 24.3 Å². The van der Waals surface area contributed by atoms with E-state index in [2.05, 4.69) is 25.5 Å². The van der Waals surface area contributed by atoms with Crippen molar-refractivity contribution in [2.45, 2.75) is 57.2 Å². The fourth-order valence-electron chi connectivity index (χ4n) is 5.01. The van der Waals surface area contributed by atoms with Crippen molar-refractivity contribution in [1.29, 1.82) is 0 Å². The lowest BCUT2D eigenvalue weighted by Crippen LogP contribution is -2.53. The summed E-state index contributed by atoms with van der Waals surface area (Å²) in [4.78, 5) is 37.3. The number of hydrogen-bond donors (Lipinski definition) is 4. The van der Waals surface area contributed by atoms with Gasteiger partial charge in [-0.2, -0.15) is 0 Å². The fourth-order valence-corrected chi connectivity index (χ4v) is 6.24. The second-order valence-electron chi connectivity index (χ2n) is 9.35. The molecule has 2 aromatic heterocycles. The Bertz CT molecular complexity index is 1230. The van der Waals surface area contributed by atoms with E-state index in [-0.39, 0.29) is 42.9 Å². The Kier molecular flexibility index (Phi) is 8.90. The number of hydrogen-bond acceptors (Lipinski definition) is 6. The van der Waals surface area contributed by atoms with E-state index >= 15 is 0 Å². The van der Waals surface area contributed by atoms with Crippen LogP contribution < -0.4 is 10.6 Å². The van der Waals surface area contributed by atoms with Crippen molar-refractivity contribution in [2.24, 2.45) is 0 Å². The molecule has 0 saturated heterocycles. The van der Waals surface area contributed by atoms with Crippen LogP contribution in [-0.2, 0) is 13.0 Å². The maximum atomic E-state index is 13.1. The number of carbonyl (C=O) groups excluding carboxylic acids is 2. The number of amides is 2. The van der Waals surface area contributed by atoms with Crippen LogP contribution in [0.1, 0.15) is 63.0 Å². The number of aromatic nitrogens is 2. The van der Waals surface area contributed by atoms with Crippen LogP contribution >= 0.6 is 35.3 Å². The Balaban J connectivity index is 0.00000304. The Labute approximate surface area is 225 Å². The van der Waals surface area contributed by atoms with Gasteiger partial charge in [0.25, 0.3) is 11.8 Å². The van der Waals surface area contributed by atoms with E-state index in [0.29, 0.717) is 15.7 Å². The van der Waals surface area contributed by atoms with Gasteiger partial charge in [-0.15, -0.1) is 23.7 Å². The standard InChI is InChI=1S/C25H30ClN5O3S.ClH/c26-16-6-7-17-15(12-16)13-21(27-17)23(33)28-18-4-1-2-5-19(18)29-24(34)25-30-20-8-10-31(9-3-11-32)14-22(20)35-25;/h6-7,12-13,18-19,27,32H,1-5,8-11,14H2,(H,28,33)(H,29,34);1H/t18-,19+;/m0./s1. The molecule has 0 unspecified atom stereocenters. The van der Waals surface area contributed by atoms with Crippen LogP contribution in [0.4, 0.5) is 0 Å². The van der Waals surface area contributed by atoms with Crippen LogP contribution in [0.5, 0.6) is 0 Å². The molecule has 1 aliphatic carbocycles. The van der Waals surface area contributed by atoms with Gasteiger partial charge in [0.2, 0.25) is 0 Å². The van der Waals surface area contributed by atoms with Gasteiger partial charge in [-0.25, -0.2) is 4.98 Å². The summed E-state index contributed by atoms with van der Waals surface area (Å²) < 4.78 is 0. The monoisotopic (exact) mass is 551 g/mol. The van der Waals surface area contributed by atoms with Gasteiger partial charge >= 0.3 is 0 Å². The number of thiazole rings is 1. The number of fused-ring (bicyclic) bond motifs is 2. The highest BCUT2D eigenvalue weighted by atomic mass is 35.5. The van der Waals surface area contributed by atoms with E-state index in [9.17, 15) is 9.59 Å². The molecule has 11 heteroatoms. The largest absolute Gasteiger partial charge is 0.396 e. The molecule has 194 valence electrons. The summed E-state index contributed by atoms with van der Waals surface area (Å²) in [6.45, 7) is 2.71. The first-order valence-corrected chi connectivity index (χ1v) is 13.4. The van der Waals surface area contributed by atoms with Crippen LogP contribution in [0.3, 0.4) is 0 Å². The van der Waals surface area contributed by atoms with Crippen molar-refractivity contribution in [1.82, 2.24) is 25.5 Å². The highest BCUT2D eigenvalue weighted by molar-refractivity contribution is 7.13. The van der Waals surface area contributed by atoms with Crippen LogP contribution in [0.2, 0.25) is 5.02 Å². The third-order valence-electron chi connectivity index (χ3n) is 6.86. The van der Waals surface area contributed by atoms with E-state index in [1.165, 1.54) is 11.3 Å². The van der Waals surface area contributed by atoms with Crippen molar-refractivity contribution < 1.29 is 14.7 Å². The highest BCUT2D eigenvalue weighted by Gasteiger charge is 2.30. The second-order valence-corrected chi connectivity index (χ2v) is 10.9. The molecule has 4 N–H and O–H groups in total. The zero-order valence-corrected chi connectivity index (χ0v) is 22.3. The molecule has 5 rings (SSSR count). The molecule has 0 spiro atoms. The van der Waals surface area contributed by atoms with Gasteiger partial charge in [-0.05, 0) is 43.5 Å². The summed E-state index contributed by atoms with van der Waals surface area (Å²) in [6.07, 6.45) is 5.23. The summed E-state index contributed by atoms with van der Waals surface area (Å²) in [5, 5.41) is 17.4. The Morgan fingerprint density at radius 2 is 1.92 bits per heavy atom. The molecule has 2 amide bonds. The third kappa shape index (κ3) is 6.03. The van der Waals surface area contributed by atoms with Crippen LogP contribution in [0, 0.1) is 0 Å². The normalized spacial score (nSPS) is 19.9. The molecule has 1 aromatic carbocycles. The minimum absolute atomic E-state index is 0. The lowest BCUT2D eigenvalue weighted by Gasteiger charge is -2.32. The molecule has 2 atom stereocenters. The zero-order chi connectivity index (χ0) is 24.4. The number of rotatable bonds is 7. The topological polar surface area (TPSA) is 110 Å². The van der Waals surface area contributed by atoms with E-state index in [4.69, 9.17) is 16.7 Å². The maximum absolute atomic E-state index is 13.1. The Morgan fingerprint density at radius 3 is 2.67 bits per heavy atom. The molecule has 1 saturated carbocycles. The number of aliphatic hydroxyl groups is 1. The third-order valence-corrected chi connectivity index (χ3v) is 8.18. The Hall–Kier alpha value is -2.17. The Morgan fingerprint density at radius 1 is 1.17 bits per heavy atom. The number of benzene rings is 1. The molecular weight excluding hydrogens is 521 g/mol.